The summed E-state index contributed by atoms with van der Waals surface area (Å²) in [5.41, 5.74) is 0.134. The highest BCUT2D eigenvalue weighted by atomic mass is 19.1. The summed E-state index contributed by atoms with van der Waals surface area (Å²) in [4.78, 5) is 11.1. The lowest BCUT2D eigenvalue weighted by Gasteiger charge is -2.26. The van der Waals surface area contributed by atoms with Gasteiger partial charge in [-0.3, -0.25) is 4.79 Å². The predicted molar refractivity (Wildman–Crippen MR) is 71.6 cm³/mol. The van der Waals surface area contributed by atoms with E-state index in [1.54, 1.807) is 6.07 Å². The molecule has 2 N–H and O–H groups in total. The molecule has 4 heteroatoms. The van der Waals surface area contributed by atoms with E-state index in [0.717, 1.165) is 18.4 Å². The summed E-state index contributed by atoms with van der Waals surface area (Å²) in [6, 6.07) is 6.56. The largest absolute Gasteiger partial charge is 0.481 e. The Morgan fingerprint density at radius 1 is 1.47 bits per heavy atom. The van der Waals surface area contributed by atoms with Crippen LogP contribution in [0, 0.1) is 11.2 Å². The minimum absolute atomic E-state index is 0.226. The number of benzene rings is 1. The van der Waals surface area contributed by atoms with Crippen LogP contribution in [-0.4, -0.2) is 24.2 Å². The zero-order valence-corrected chi connectivity index (χ0v) is 11.4. The van der Waals surface area contributed by atoms with Gasteiger partial charge in [0.2, 0.25) is 0 Å². The summed E-state index contributed by atoms with van der Waals surface area (Å²) < 4.78 is 13.2. The Labute approximate surface area is 112 Å². The van der Waals surface area contributed by atoms with Gasteiger partial charge in [-0.15, -0.1) is 0 Å². The maximum absolute atomic E-state index is 13.2. The van der Waals surface area contributed by atoms with Gasteiger partial charge in [-0.05, 0) is 30.5 Å². The highest BCUT2D eigenvalue weighted by Crippen LogP contribution is 2.45. The Kier molecular flexibility index (Phi) is 3.63. The molecule has 1 aliphatic carbocycles. The molecule has 104 valence electrons. The van der Waals surface area contributed by atoms with Gasteiger partial charge in [-0.2, -0.15) is 0 Å². The minimum atomic E-state index is -0.719. The van der Waals surface area contributed by atoms with E-state index in [4.69, 9.17) is 5.11 Å². The van der Waals surface area contributed by atoms with Crippen molar-refractivity contribution in [3.63, 3.8) is 0 Å². The third-order valence-electron chi connectivity index (χ3n) is 3.94. The van der Waals surface area contributed by atoms with Gasteiger partial charge >= 0.3 is 5.97 Å². The molecule has 3 nitrogen and oxygen atoms in total. The second kappa shape index (κ2) is 4.93. The Morgan fingerprint density at radius 2 is 2.16 bits per heavy atom. The molecule has 2 rings (SSSR count). The Morgan fingerprint density at radius 3 is 2.68 bits per heavy atom. The predicted octanol–water partition coefficient (Wildman–Crippen LogP) is 2.56. The zero-order valence-electron chi connectivity index (χ0n) is 11.4. The SMILES string of the molecule is CC(C)(CNCC1(C(=O)O)CC1)c1cccc(F)c1. The average Bonchev–Trinajstić information content (AvgIpc) is 3.10. The van der Waals surface area contributed by atoms with E-state index in [9.17, 15) is 9.18 Å². The molecule has 1 fully saturated rings. The Bertz CT molecular complexity index is 481. The number of halogens is 1. The highest BCUT2D eigenvalue weighted by molar-refractivity contribution is 5.78. The van der Waals surface area contributed by atoms with Crippen LogP contribution in [0.5, 0.6) is 0 Å². The van der Waals surface area contributed by atoms with Gasteiger partial charge < -0.3 is 10.4 Å². The van der Waals surface area contributed by atoms with E-state index in [1.165, 1.54) is 12.1 Å². The summed E-state index contributed by atoms with van der Waals surface area (Å²) in [6.45, 7) is 5.16. The molecule has 1 aromatic rings. The molecule has 0 amide bonds. The first-order valence-corrected chi connectivity index (χ1v) is 6.56. The van der Waals surface area contributed by atoms with Crippen molar-refractivity contribution in [3.05, 3.63) is 35.6 Å². The minimum Gasteiger partial charge on any atom is -0.481 e. The first-order chi connectivity index (χ1) is 8.86. The molecule has 1 aromatic carbocycles. The second-order valence-corrected chi connectivity index (χ2v) is 6.08. The van der Waals surface area contributed by atoms with E-state index in [-0.39, 0.29) is 11.2 Å². The fourth-order valence-electron chi connectivity index (χ4n) is 2.24. The Balaban J connectivity index is 1.93. The van der Waals surface area contributed by atoms with Crippen LogP contribution in [0.15, 0.2) is 24.3 Å². The molecule has 0 aliphatic heterocycles. The number of hydrogen-bond donors (Lipinski definition) is 2. The van der Waals surface area contributed by atoms with Crippen LogP contribution in [-0.2, 0) is 10.2 Å². The van der Waals surface area contributed by atoms with E-state index in [2.05, 4.69) is 5.32 Å². The van der Waals surface area contributed by atoms with Crippen molar-refractivity contribution >= 4 is 5.97 Å². The van der Waals surface area contributed by atoms with E-state index < -0.39 is 11.4 Å². The first-order valence-electron chi connectivity index (χ1n) is 6.56. The topological polar surface area (TPSA) is 49.3 Å². The van der Waals surface area contributed by atoms with Gasteiger partial charge in [-0.25, -0.2) is 4.39 Å². The summed E-state index contributed by atoms with van der Waals surface area (Å²) in [5, 5.41) is 12.3. The van der Waals surface area contributed by atoms with Gasteiger partial charge in [0.15, 0.2) is 0 Å². The number of nitrogens with one attached hydrogen (secondary N) is 1. The first kappa shape index (κ1) is 14.0. The molecule has 0 heterocycles. The van der Waals surface area contributed by atoms with Crippen LogP contribution in [0.4, 0.5) is 4.39 Å². The molecular weight excluding hydrogens is 245 g/mol. The van der Waals surface area contributed by atoms with Crippen LogP contribution in [0.1, 0.15) is 32.3 Å². The molecule has 19 heavy (non-hydrogen) atoms. The van der Waals surface area contributed by atoms with Gasteiger partial charge in [-0.1, -0.05) is 26.0 Å². The fourth-order valence-corrected chi connectivity index (χ4v) is 2.24. The van der Waals surface area contributed by atoms with Crippen LogP contribution < -0.4 is 5.32 Å². The summed E-state index contributed by atoms with van der Waals surface area (Å²) in [7, 11) is 0. The van der Waals surface area contributed by atoms with E-state index in [1.807, 2.05) is 19.9 Å². The maximum Gasteiger partial charge on any atom is 0.310 e. The molecule has 0 aromatic heterocycles. The van der Waals surface area contributed by atoms with Crippen LogP contribution in [0.3, 0.4) is 0 Å². The smallest absolute Gasteiger partial charge is 0.310 e. The van der Waals surface area contributed by atoms with Gasteiger partial charge in [0, 0.05) is 18.5 Å². The fraction of sp³-hybridized carbons (Fsp3) is 0.533. The van der Waals surface area contributed by atoms with Crippen molar-refractivity contribution in [1.82, 2.24) is 5.32 Å². The second-order valence-electron chi connectivity index (χ2n) is 6.08. The summed E-state index contributed by atoms with van der Waals surface area (Å²) >= 11 is 0. The average molecular weight is 265 g/mol. The lowest BCUT2D eigenvalue weighted by molar-refractivity contribution is -0.143. The number of carbonyl (C=O) groups is 1. The molecule has 1 saturated carbocycles. The monoisotopic (exact) mass is 265 g/mol. The molecule has 0 saturated heterocycles. The number of aliphatic carboxylic acids is 1. The maximum atomic E-state index is 13.2. The van der Waals surface area contributed by atoms with Crippen molar-refractivity contribution < 1.29 is 14.3 Å². The van der Waals surface area contributed by atoms with Crippen LogP contribution >= 0.6 is 0 Å². The van der Waals surface area contributed by atoms with E-state index in [0.29, 0.717) is 13.1 Å². The molecule has 1 aliphatic rings. The third-order valence-corrected chi connectivity index (χ3v) is 3.94. The standard InChI is InChI=1S/C15H20FNO2/c1-14(2,11-4-3-5-12(16)8-11)9-17-10-15(6-7-15)13(18)19/h3-5,8,17H,6-7,9-10H2,1-2H3,(H,18,19). The number of rotatable bonds is 6. The van der Waals surface area contributed by atoms with Crippen LogP contribution in [0.25, 0.3) is 0 Å². The van der Waals surface area contributed by atoms with Crippen molar-refractivity contribution in [2.75, 3.05) is 13.1 Å². The summed E-state index contributed by atoms with van der Waals surface area (Å²) in [5.74, 6) is -0.960. The van der Waals surface area contributed by atoms with Crippen molar-refractivity contribution in [2.45, 2.75) is 32.1 Å². The quantitative estimate of drug-likeness (QED) is 0.831. The van der Waals surface area contributed by atoms with Gasteiger partial charge in [0.1, 0.15) is 5.82 Å². The lowest BCUT2D eigenvalue weighted by Crippen LogP contribution is -2.38. The molecule has 0 spiro atoms. The zero-order chi connectivity index (χ0) is 14.1. The number of carboxylic acid groups (broad SMARTS) is 1. The van der Waals surface area contributed by atoms with Crippen molar-refractivity contribution in [3.8, 4) is 0 Å². The summed E-state index contributed by atoms with van der Waals surface area (Å²) in [6.07, 6.45) is 1.49. The molecule has 0 bridgehead atoms. The highest BCUT2D eigenvalue weighted by Gasteiger charge is 2.49. The van der Waals surface area contributed by atoms with Crippen molar-refractivity contribution in [2.24, 2.45) is 5.41 Å². The number of hydrogen-bond acceptors (Lipinski definition) is 2. The lowest BCUT2D eigenvalue weighted by atomic mass is 9.84. The molecule has 0 atom stereocenters. The number of carboxylic acids is 1. The third kappa shape index (κ3) is 3.13. The van der Waals surface area contributed by atoms with Gasteiger partial charge in [0.25, 0.3) is 0 Å². The molecule has 0 radical (unpaired) electrons. The Hall–Kier alpha value is -1.42. The van der Waals surface area contributed by atoms with Crippen LogP contribution in [0.2, 0.25) is 0 Å². The molecule has 0 unspecified atom stereocenters. The van der Waals surface area contributed by atoms with E-state index >= 15 is 0 Å². The van der Waals surface area contributed by atoms with Gasteiger partial charge in [0.05, 0.1) is 5.41 Å². The normalized spacial score (nSPS) is 17.2. The molecular formula is C15H20FNO2. The van der Waals surface area contributed by atoms with Crippen molar-refractivity contribution in [1.29, 1.82) is 0 Å².